The zero-order chi connectivity index (χ0) is 22.2. The molecule has 1 saturated heterocycles. The van der Waals surface area contributed by atoms with E-state index in [0.29, 0.717) is 30.9 Å². The number of fused-ring (bicyclic) bond motifs is 1. The molecular formula is C23H24F3NO4. The Balaban J connectivity index is 1.77. The van der Waals surface area contributed by atoms with Crippen LogP contribution in [0.15, 0.2) is 40.5 Å². The maximum absolute atomic E-state index is 13.8. The molecule has 0 aromatic heterocycles. The quantitative estimate of drug-likeness (QED) is 0.648. The number of hydrogen-bond acceptors (Lipinski definition) is 5. The Morgan fingerprint density at radius 2 is 1.97 bits per heavy atom. The summed E-state index contributed by atoms with van der Waals surface area (Å²) in [5.41, 5.74) is -0.0618. The number of carbonyl (C=O) groups excluding carboxylic acids is 2. The van der Waals surface area contributed by atoms with Crippen molar-refractivity contribution in [2.75, 3.05) is 13.2 Å². The molecule has 4 rings (SSSR count). The lowest BCUT2D eigenvalue weighted by Gasteiger charge is -2.36. The van der Waals surface area contributed by atoms with Gasteiger partial charge in [0.25, 0.3) is 0 Å². The first-order valence-corrected chi connectivity index (χ1v) is 10.5. The average Bonchev–Trinajstić information content (AvgIpc) is 3.24. The summed E-state index contributed by atoms with van der Waals surface area (Å²) >= 11 is 0. The lowest BCUT2D eigenvalue weighted by molar-refractivity contribution is -0.143. The van der Waals surface area contributed by atoms with Gasteiger partial charge in [-0.1, -0.05) is 18.2 Å². The van der Waals surface area contributed by atoms with Gasteiger partial charge in [0.15, 0.2) is 0 Å². The molecule has 0 N–H and O–H groups in total. The number of alkyl halides is 3. The molecule has 0 bridgehead atoms. The van der Waals surface area contributed by atoms with Crippen molar-refractivity contribution in [2.45, 2.75) is 57.2 Å². The number of aliphatic imine (C=N–C) groups is 1. The van der Waals surface area contributed by atoms with Gasteiger partial charge in [0, 0.05) is 30.4 Å². The summed E-state index contributed by atoms with van der Waals surface area (Å²) in [7, 11) is 0. The fourth-order valence-corrected chi connectivity index (χ4v) is 4.77. The van der Waals surface area contributed by atoms with Crippen LogP contribution < -0.4 is 0 Å². The van der Waals surface area contributed by atoms with Crippen molar-refractivity contribution in [3.05, 3.63) is 46.7 Å². The Hall–Kier alpha value is -2.48. The van der Waals surface area contributed by atoms with Crippen molar-refractivity contribution in [1.29, 1.82) is 0 Å². The van der Waals surface area contributed by atoms with Gasteiger partial charge in [0.2, 0.25) is 0 Å². The minimum atomic E-state index is -4.62. The monoisotopic (exact) mass is 435 g/mol. The van der Waals surface area contributed by atoms with Crippen LogP contribution in [0.4, 0.5) is 13.2 Å². The van der Waals surface area contributed by atoms with Gasteiger partial charge in [-0.3, -0.25) is 9.79 Å². The molecule has 2 fully saturated rings. The first-order valence-electron chi connectivity index (χ1n) is 10.5. The van der Waals surface area contributed by atoms with Gasteiger partial charge >= 0.3 is 12.1 Å². The van der Waals surface area contributed by atoms with E-state index in [1.807, 2.05) is 0 Å². The Bertz CT molecular complexity index is 944. The third-order valence-corrected chi connectivity index (χ3v) is 6.15. The Labute approximate surface area is 178 Å². The number of benzene rings is 1. The van der Waals surface area contributed by atoms with Crippen LogP contribution in [-0.2, 0) is 25.2 Å². The lowest BCUT2D eigenvalue weighted by Crippen LogP contribution is -2.40. The number of ether oxygens (including phenoxy) is 2. The summed E-state index contributed by atoms with van der Waals surface area (Å²) in [6, 6.07) is 5.13. The standard InChI is InChI=1S/C23H24F3NO4/c1-13-19(22(29)31-12-14-6-5-11-30-14)20(21-17(27-13)9-4-10-18(21)28)15-7-2-3-8-16(15)23(24,25)26/h2-3,7-8,14,20-21H,4-6,9-12H2,1H3/t14-,20+,21+/m0/s1. The van der Waals surface area contributed by atoms with Crippen molar-refractivity contribution in [3.63, 3.8) is 0 Å². The molecule has 1 aromatic rings. The van der Waals surface area contributed by atoms with E-state index in [9.17, 15) is 22.8 Å². The van der Waals surface area contributed by atoms with Gasteiger partial charge in [0.05, 0.1) is 23.2 Å². The predicted molar refractivity (Wildman–Crippen MR) is 107 cm³/mol. The minimum Gasteiger partial charge on any atom is -0.460 e. The van der Waals surface area contributed by atoms with Crippen LogP contribution in [0.5, 0.6) is 0 Å². The zero-order valence-electron chi connectivity index (χ0n) is 17.2. The SMILES string of the molecule is CC1=C(C(=O)OC[C@@H]2CCCO2)[C@@H](c2ccccc2C(F)(F)F)[C@H]2C(=O)CCCC2=N1. The summed E-state index contributed by atoms with van der Waals surface area (Å²) in [4.78, 5) is 30.4. The molecule has 0 unspecified atom stereocenters. The van der Waals surface area contributed by atoms with Gasteiger partial charge in [0.1, 0.15) is 12.4 Å². The number of esters is 1. The summed E-state index contributed by atoms with van der Waals surface area (Å²) in [6.45, 7) is 2.21. The number of Topliss-reactive ketones (excluding diaryl/α,β-unsaturated/α-hetero) is 1. The first kappa shape index (κ1) is 21.7. The maximum Gasteiger partial charge on any atom is 0.416 e. The fraction of sp³-hybridized carbons (Fsp3) is 0.522. The molecule has 1 aliphatic carbocycles. The highest BCUT2D eigenvalue weighted by molar-refractivity contribution is 6.11. The number of ketones is 1. The zero-order valence-corrected chi connectivity index (χ0v) is 17.2. The smallest absolute Gasteiger partial charge is 0.416 e. The predicted octanol–water partition coefficient (Wildman–Crippen LogP) is 4.61. The van der Waals surface area contributed by atoms with Crippen molar-refractivity contribution in [3.8, 4) is 0 Å². The average molecular weight is 435 g/mol. The third kappa shape index (κ3) is 4.31. The number of rotatable bonds is 4. The van der Waals surface area contributed by atoms with E-state index in [1.54, 1.807) is 6.92 Å². The number of carbonyl (C=O) groups is 2. The molecule has 0 radical (unpaired) electrons. The number of halogens is 3. The van der Waals surface area contributed by atoms with E-state index in [1.165, 1.54) is 18.2 Å². The van der Waals surface area contributed by atoms with Crippen LogP contribution >= 0.6 is 0 Å². The molecular weight excluding hydrogens is 411 g/mol. The molecule has 8 heteroatoms. The largest absolute Gasteiger partial charge is 0.460 e. The number of hydrogen-bond donors (Lipinski definition) is 0. The van der Waals surface area contributed by atoms with Crippen LogP contribution in [0.3, 0.4) is 0 Å². The number of nitrogens with zero attached hydrogens (tertiary/aromatic N) is 1. The van der Waals surface area contributed by atoms with E-state index < -0.39 is 29.5 Å². The van der Waals surface area contributed by atoms with Crippen molar-refractivity contribution < 1.29 is 32.2 Å². The van der Waals surface area contributed by atoms with Crippen molar-refractivity contribution in [2.24, 2.45) is 10.9 Å². The van der Waals surface area contributed by atoms with Gasteiger partial charge in [-0.15, -0.1) is 0 Å². The topological polar surface area (TPSA) is 65.0 Å². The second kappa shape index (κ2) is 8.57. The van der Waals surface area contributed by atoms with E-state index in [4.69, 9.17) is 9.47 Å². The molecule has 31 heavy (non-hydrogen) atoms. The molecule has 1 saturated carbocycles. The van der Waals surface area contributed by atoms with Crippen LogP contribution in [-0.4, -0.2) is 36.8 Å². The molecule has 3 atom stereocenters. The molecule has 3 aliphatic rings. The molecule has 2 heterocycles. The highest BCUT2D eigenvalue weighted by atomic mass is 19.4. The maximum atomic E-state index is 13.8. The second-order valence-electron chi connectivity index (χ2n) is 8.20. The van der Waals surface area contributed by atoms with Gasteiger partial charge in [-0.25, -0.2) is 4.79 Å². The fourth-order valence-electron chi connectivity index (χ4n) is 4.77. The van der Waals surface area contributed by atoms with Crippen LogP contribution in [0.25, 0.3) is 0 Å². The summed E-state index contributed by atoms with van der Waals surface area (Å²) < 4.78 is 52.4. The normalized spacial score (nSPS) is 26.5. The molecule has 2 aliphatic heterocycles. The van der Waals surface area contributed by atoms with E-state index in [-0.39, 0.29) is 36.1 Å². The van der Waals surface area contributed by atoms with E-state index in [2.05, 4.69) is 4.99 Å². The van der Waals surface area contributed by atoms with E-state index >= 15 is 0 Å². The summed E-state index contributed by atoms with van der Waals surface area (Å²) in [6.07, 6.45) is -1.82. The van der Waals surface area contributed by atoms with E-state index in [0.717, 1.165) is 18.9 Å². The molecule has 5 nitrogen and oxygen atoms in total. The van der Waals surface area contributed by atoms with Gasteiger partial charge < -0.3 is 9.47 Å². The lowest BCUT2D eigenvalue weighted by atomic mass is 9.68. The van der Waals surface area contributed by atoms with Crippen molar-refractivity contribution >= 4 is 17.5 Å². The minimum absolute atomic E-state index is 0.0262. The molecule has 166 valence electrons. The summed E-state index contributed by atoms with van der Waals surface area (Å²) in [5, 5.41) is 0. The number of allylic oxidation sites excluding steroid dienone is 1. The van der Waals surface area contributed by atoms with Crippen LogP contribution in [0, 0.1) is 5.92 Å². The van der Waals surface area contributed by atoms with Gasteiger partial charge in [-0.2, -0.15) is 13.2 Å². The molecule has 0 amide bonds. The molecule has 0 spiro atoms. The highest BCUT2D eigenvalue weighted by Crippen LogP contribution is 2.46. The van der Waals surface area contributed by atoms with Gasteiger partial charge in [-0.05, 0) is 44.2 Å². The van der Waals surface area contributed by atoms with Crippen LogP contribution in [0.2, 0.25) is 0 Å². The third-order valence-electron chi connectivity index (χ3n) is 6.15. The Kier molecular flexibility index (Phi) is 6.01. The highest BCUT2D eigenvalue weighted by Gasteiger charge is 2.47. The van der Waals surface area contributed by atoms with Crippen LogP contribution in [0.1, 0.15) is 56.1 Å². The molecule has 1 aromatic carbocycles. The Morgan fingerprint density at radius 1 is 1.19 bits per heavy atom. The van der Waals surface area contributed by atoms with Crippen molar-refractivity contribution in [1.82, 2.24) is 0 Å². The second-order valence-corrected chi connectivity index (χ2v) is 8.20. The first-order chi connectivity index (χ1) is 14.8. The Morgan fingerprint density at radius 3 is 2.68 bits per heavy atom. The summed E-state index contributed by atoms with van der Waals surface area (Å²) in [5.74, 6) is -2.89.